The van der Waals surface area contributed by atoms with Crippen molar-refractivity contribution in [1.82, 2.24) is 10.3 Å². The van der Waals surface area contributed by atoms with Crippen molar-refractivity contribution in [2.75, 3.05) is 0 Å². The van der Waals surface area contributed by atoms with E-state index in [-0.39, 0.29) is 0 Å². The fourth-order valence-corrected chi connectivity index (χ4v) is 4.95. The van der Waals surface area contributed by atoms with Gasteiger partial charge in [-0.15, -0.1) is 0 Å². The van der Waals surface area contributed by atoms with Crippen molar-refractivity contribution >= 4 is 29.5 Å². The number of hydrogen-bond acceptors (Lipinski definition) is 2. The lowest BCUT2D eigenvalue weighted by atomic mass is 9.91. The highest BCUT2D eigenvalue weighted by Gasteiger charge is 2.13. The topological polar surface area (TPSA) is 24.9 Å². The van der Waals surface area contributed by atoms with Crippen LogP contribution in [0.15, 0.2) is 97.3 Å². The fourth-order valence-electron chi connectivity index (χ4n) is 4.95. The number of fused-ring (bicyclic) bond motifs is 1. The Bertz CT molecular complexity index is 1560. The predicted octanol–water partition coefficient (Wildman–Crippen LogP) is 6.27. The molecule has 1 aliphatic carbocycles. The monoisotopic (exact) mass is 468 g/mol. The summed E-state index contributed by atoms with van der Waals surface area (Å²) in [6.45, 7) is 8.50. The summed E-state index contributed by atoms with van der Waals surface area (Å²) in [5.41, 5.74) is 10.6. The number of hydrogen-bond donors (Lipinski definition) is 1. The van der Waals surface area contributed by atoms with Gasteiger partial charge in [-0.25, -0.2) is 0 Å². The maximum Gasteiger partial charge on any atom is 0.0873 e. The van der Waals surface area contributed by atoms with Gasteiger partial charge in [-0.3, -0.25) is 4.98 Å². The average Bonchev–Trinajstić information content (AvgIpc) is 3.29. The van der Waals surface area contributed by atoms with Crippen LogP contribution >= 0.6 is 0 Å². The largest absolute Gasteiger partial charge is 0.359 e. The summed E-state index contributed by atoms with van der Waals surface area (Å²) < 4.78 is 0. The van der Waals surface area contributed by atoms with Gasteiger partial charge in [0.05, 0.1) is 11.4 Å². The predicted molar refractivity (Wildman–Crippen MR) is 154 cm³/mol. The molecule has 2 heterocycles. The first-order chi connectivity index (χ1) is 17.6. The summed E-state index contributed by atoms with van der Waals surface area (Å²) in [6.07, 6.45) is 20.5. The second-order valence-electron chi connectivity index (χ2n) is 9.27. The summed E-state index contributed by atoms with van der Waals surface area (Å²) in [6, 6.07) is 19.4. The van der Waals surface area contributed by atoms with E-state index in [1.165, 1.54) is 22.3 Å². The maximum atomic E-state index is 4.78. The minimum atomic E-state index is 0.930. The lowest BCUT2D eigenvalue weighted by Gasteiger charge is -2.14. The van der Waals surface area contributed by atoms with Crippen LogP contribution in [-0.2, 0) is 12.8 Å². The van der Waals surface area contributed by atoms with E-state index >= 15 is 0 Å². The molecule has 0 radical (unpaired) electrons. The molecule has 1 aliphatic heterocycles. The number of allylic oxidation sites excluding steroid dienone is 8. The third-order valence-corrected chi connectivity index (χ3v) is 6.84. The Balaban J connectivity index is 1.64. The Kier molecular flexibility index (Phi) is 6.95. The molecule has 0 saturated heterocycles. The maximum absolute atomic E-state index is 4.78. The van der Waals surface area contributed by atoms with Gasteiger partial charge < -0.3 is 5.32 Å². The first-order valence-corrected chi connectivity index (χ1v) is 12.7. The van der Waals surface area contributed by atoms with E-state index in [2.05, 4.69) is 104 Å². The van der Waals surface area contributed by atoms with Crippen molar-refractivity contribution in [2.45, 2.75) is 33.1 Å². The summed E-state index contributed by atoms with van der Waals surface area (Å²) in [4.78, 5) is 4.78. The molecule has 0 atom stereocenters. The first-order valence-electron chi connectivity index (χ1n) is 12.7. The van der Waals surface area contributed by atoms with Crippen LogP contribution in [0.2, 0.25) is 0 Å². The highest BCUT2D eigenvalue weighted by Crippen LogP contribution is 2.28. The van der Waals surface area contributed by atoms with Crippen molar-refractivity contribution in [3.05, 3.63) is 141 Å². The van der Waals surface area contributed by atoms with Crippen LogP contribution < -0.4 is 15.8 Å². The molecule has 1 N–H and O–H groups in total. The van der Waals surface area contributed by atoms with E-state index in [9.17, 15) is 0 Å². The van der Waals surface area contributed by atoms with Gasteiger partial charge in [0, 0.05) is 17.5 Å². The molecule has 2 aromatic carbocycles. The van der Waals surface area contributed by atoms with Crippen molar-refractivity contribution < 1.29 is 0 Å². The minimum absolute atomic E-state index is 0.930. The lowest BCUT2D eigenvalue weighted by molar-refractivity contribution is 0.999. The number of nitrogens with zero attached hydrogens (tertiary/aromatic N) is 1. The van der Waals surface area contributed by atoms with Crippen LogP contribution in [0.5, 0.6) is 0 Å². The van der Waals surface area contributed by atoms with E-state index in [4.69, 9.17) is 4.98 Å². The Hall–Kier alpha value is -4.17. The molecule has 178 valence electrons. The van der Waals surface area contributed by atoms with Crippen molar-refractivity contribution in [2.24, 2.45) is 0 Å². The van der Waals surface area contributed by atoms with Crippen LogP contribution in [0.1, 0.15) is 47.0 Å². The minimum Gasteiger partial charge on any atom is -0.359 e. The highest BCUT2D eigenvalue weighted by atomic mass is 14.9. The summed E-state index contributed by atoms with van der Waals surface area (Å²) in [7, 11) is 0. The summed E-state index contributed by atoms with van der Waals surface area (Å²) in [5, 5.41) is 5.59. The van der Waals surface area contributed by atoms with Gasteiger partial charge in [0.25, 0.3) is 0 Å². The van der Waals surface area contributed by atoms with Crippen LogP contribution in [0.4, 0.5) is 0 Å². The number of rotatable bonds is 4. The molecular formula is C34H32N2. The van der Waals surface area contributed by atoms with Crippen LogP contribution in [0.25, 0.3) is 29.5 Å². The number of nitrogens with one attached hydrogen (secondary N) is 1. The van der Waals surface area contributed by atoms with Crippen molar-refractivity contribution in [3.8, 4) is 0 Å². The average molecular weight is 469 g/mol. The number of aromatic nitrogens is 1. The number of aryl methyl sites for hydroxylation is 2. The van der Waals surface area contributed by atoms with Gasteiger partial charge in [-0.05, 0) is 102 Å². The SMILES string of the molecule is C=c1ccc(C2=C(c3cccc(C)n3)NC=CC=C2)c/c1=C/C(=C\C)c1cccc2c1CC=CCC2. The zero-order chi connectivity index (χ0) is 24.9. The van der Waals surface area contributed by atoms with Gasteiger partial charge in [-0.2, -0.15) is 0 Å². The Morgan fingerprint density at radius 1 is 1.03 bits per heavy atom. The molecule has 0 bridgehead atoms. The van der Waals surface area contributed by atoms with E-state index < -0.39 is 0 Å². The Labute approximate surface area is 214 Å². The number of pyridine rings is 1. The molecule has 0 saturated carbocycles. The molecule has 0 spiro atoms. The smallest absolute Gasteiger partial charge is 0.0873 e. The molecule has 3 aromatic rings. The molecule has 1 aromatic heterocycles. The second-order valence-corrected chi connectivity index (χ2v) is 9.27. The lowest BCUT2D eigenvalue weighted by Crippen LogP contribution is -2.23. The molecule has 0 unspecified atom stereocenters. The normalized spacial score (nSPS) is 15.9. The fraction of sp³-hybridized carbons (Fsp3) is 0.147. The molecule has 36 heavy (non-hydrogen) atoms. The van der Waals surface area contributed by atoms with Crippen molar-refractivity contribution in [3.63, 3.8) is 0 Å². The standard InChI is InChI=1S/C34H32N2/c1-4-26(30-17-11-14-27-13-6-5-7-15-31(27)30)22-29-23-28(20-19-24(29)2)32-16-8-9-21-35-34(32)33-18-10-12-25(3)36-33/h4-5,7-12,14,16-23,35H,2,6,13,15H2,1,3H3/b26-4+,29-22-. The van der Waals surface area contributed by atoms with Crippen LogP contribution in [-0.4, -0.2) is 4.98 Å². The molecule has 0 amide bonds. The molecule has 2 aliphatic rings. The summed E-state index contributed by atoms with van der Waals surface area (Å²) >= 11 is 0. The highest BCUT2D eigenvalue weighted by molar-refractivity contribution is 5.95. The molecule has 0 fully saturated rings. The van der Waals surface area contributed by atoms with E-state index in [0.29, 0.717) is 0 Å². The van der Waals surface area contributed by atoms with E-state index in [0.717, 1.165) is 57.9 Å². The van der Waals surface area contributed by atoms with Gasteiger partial charge in [0.1, 0.15) is 0 Å². The Morgan fingerprint density at radius 3 is 2.78 bits per heavy atom. The van der Waals surface area contributed by atoms with Gasteiger partial charge in [0.15, 0.2) is 0 Å². The van der Waals surface area contributed by atoms with Crippen LogP contribution in [0, 0.1) is 6.92 Å². The van der Waals surface area contributed by atoms with Gasteiger partial charge in [-0.1, -0.05) is 73.4 Å². The Morgan fingerprint density at radius 2 is 1.92 bits per heavy atom. The zero-order valence-electron chi connectivity index (χ0n) is 21.1. The third-order valence-electron chi connectivity index (χ3n) is 6.84. The van der Waals surface area contributed by atoms with Gasteiger partial charge in [0.2, 0.25) is 0 Å². The molecular weight excluding hydrogens is 436 g/mol. The van der Waals surface area contributed by atoms with E-state index in [1.807, 2.05) is 25.3 Å². The molecule has 2 heteroatoms. The zero-order valence-corrected chi connectivity index (χ0v) is 21.1. The second kappa shape index (κ2) is 10.6. The van der Waals surface area contributed by atoms with Crippen molar-refractivity contribution in [1.29, 1.82) is 0 Å². The quantitative estimate of drug-likeness (QED) is 0.457. The molecule has 5 rings (SSSR count). The third kappa shape index (κ3) is 4.94. The number of benzene rings is 2. The van der Waals surface area contributed by atoms with Gasteiger partial charge >= 0.3 is 0 Å². The summed E-state index contributed by atoms with van der Waals surface area (Å²) in [5.74, 6) is 0. The van der Waals surface area contributed by atoms with Crippen LogP contribution in [0.3, 0.4) is 0 Å². The van der Waals surface area contributed by atoms with E-state index in [1.54, 1.807) is 0 Å². The molecule has 2 nitrogen and oxygen atoms in total. The first kappa shape index (κ1) is 23.6.